The fourth-order valence-electron chi connectivity index (χ4n) is 2.73. The average molecular weight is 189 g/mol. The zero-order valence-corrected chi connectivity index (χ0v) is 8.24. The Labute approximate surface area is 84.0 Å². The van der Waals surface area contributed by atoms with Crippen LogP contribution in [0.25, 0.3) is 0 Å². The number of piperidine rings is 1. The second-order valence-corrected chi connectivity index (χ2v) is 4.37. The minimum absolute atomic E-state index is 0.683. The molecule has 1 N–H and O–H groups in total. The topological polar surface area (TPSA) is 37.8 Å². The molecule has 0 aromatic carbocycles. The van der Waals surface area contributed by atoms with E-state index in [9.17, 15) is 0 Å². The van der Waals surface area contributed by atoms with Gasteiger partial charge in [-0.3, -0.25) is 0 Å². The number of hydrogen-bond acceptors (Lipinski definition) is 3. The normalized spacial score (nSPS) is 30.6. The number of rotatable bonds is 0. The fraction of sp³-hybridized carbons (Fsp3) is 0.636. The molecule has 3 heteroatoms. The lowest BCUT2D eigenvalue weighted by molar-refractivity contribution is 0.260. The molecule has 0 spiro atoms. The highest BCUT2D eigenvalue weighted by Gasteiger charge is 2.30. The zero-order chi connectivity index (χ0) is 9.38. The molecule has 0 unspecified atom stereocenters. The predicted octanol–water partition coefficient (Wildman–Crippen LogP) is 0.943. The molecular weight excluding hydrogens is 174 g/mol. The van der Waals surface area contributed by atoms with Crippen LogP contribution in [0.1, 0.15) is 24.1 Å². The van der Waals surface area contributed by atoms with Crippen LogP contribution in [0.3, 0.4) is 0 Å². The number of nitrogens with one attached hydrogen (secondary N) is 1. The molecule has 0 amide bonds. The Morgan fingerprint density at radius 2 is 2.36 bits per heavy atom. The van der Waals surface area contributed by atoms with Crippen LogP contribution in [0, 0.1) is 5.92 Å². The molecule has 1 aliphatic carbocycles. The van der Waals surface area contributed by atoms with Gasteiger partial charge in [0.1, 0.15) is 6.33 Å². The molecule has 74 valence electrons. The van der Waals surface area contributed by atoms with Crippen molar-refractivity contribution in [3.63, 3.8) is 0 Å². The summed E-state index contributed by atoms with van der Waals surface area (Å²) in [4.78, 5) is 8.47. The predicted molar refractivity (Wildman–Crippen MR) is 54.0 cm³/mol. The second-order valence-electron chi connectivity index (χ2n) is 4.37. The van der Waals surface area contributed by atoms with Gasteiger partial charge < -0.3 is 5.32 Å². The monoisotopic (exact) mass is 189 g/mol. The summed E-state index contributed by atoms with van der Waals surface area (Å²) in [6.07, 6.45) is 8.61. The molecule has 0 bridgehead atoms. The van der Waals surface area contributed by atoms with Gasteiger partial charge in [0.25, 0.3) is 0 Å². The van der Waals surface area contributed by atoms with Crippen LogP contribution in [-0.4, -0.2) is 22.6 Å². The van der Waals surface area contributed by atoms with Crippen molar-refractivity contribution >= 4 is 0 Å². The Balaban J connectivity index is 1.91. The maximum atomic E-state index is 4.37. The van der Waals surface area contributed by atoms with E-state index >= 15 is 0 Å². The van der Waals surface area contributed by atoms with Gasteiger partial charge in [0.15, 0.2) is 0 Å². The molecule has 1 aromatic heterocycles. The first-order chi connectivity index (χ1) is 6.93. The van der Waals surface area contributed by atoms with Crippen molar-refractivity contribution in [3.8, 4) is 0 Å². The van der Waals surface area contributed by atoms with Crippen molar-refractivity contribution in [3.05, 3.63) is 23.8 Å². The van der Waals surface area contributed by atoms with E-state index < -0.39 is 0 Å². The highest BCUT2D eigenvalue weighted by Crippen LogP contribution is 2.29. The maximum Gasteiger partial charge on any atom is 0.115 e. The molecule has 14 heavy (non-hydrogen) atoms. The van der Waals surface area contributed by atoms with E-state index in [1.807, 2.05) is 6.20 Å². The summed E-state index contributed by atoms with van der Waals surface area (Å²) >= 11 is 0. The van der Waals surface area contributed by atoms with Crippen LogP contribution in [0.4, 0.5) is 0 Å². The molecule has 2 atom stereocenters. The van der Waals surface area contributed by atoms with Gasteiger partial charge in [-0.05, 0) is 43.7 Å². The van der Waals surface area contributed by atoms with Crippen LogP contribution >= 0.6 is 0 Å². The van der Waals surface area contributed by atoms with E-state index in [-0.39, 0.29) is 0 Å². The molecule has 3 nitrogen and oxygen atoms in total. The van der Waals surface area contributed by atoms with E-state index in [1.165, 1.54) is 30.6 Å². The largest absolute Gasteiger partial charge is 0.313 e. The Morgan fingerprint density at radius 3 is 3.36 bits per heavy atom. The lowest BCUT2D eigenvalue weighted by Gasteiger charge is -2.36. The van der Waals surface area contributed by atoms with Crippen LogP contribution < -0.4 is 5.32 Å². The van der Waals surface area contributed by atoms with Crippen LogP contribution in [0.15, 0.2) is 12.5 Å². The first kappa shape index (κ1) is 8.36. The van der Waals surface area contributed by atoms with Crippen molar-refractivity contribution in [2.45, 2.75) is 31.7 Å². The van der Waals surface area contributed by atoms with E-state index in [0.717, 1.165) is 18.8 Å². The van der Waals surface area contributed by atoms with Crippen molar-refractivity contribution in [2.75, 3.05) is 6.54 Å². The third-order valence-electron chi connectivity index (χ3n) is 3.50. The van der Waals surface area contributed by atoms with Gasteiger partial charge in [0.05, 0.1) is 0 Å². The van der Waals surface area contributed by atoms with Crippen molar-refractivity contribution in [2.24, 2.45) is 5.92 Å². The molecule has 1 aromatic rings. The molecule has 1 saturated heterocycles. The van der Waals surface area contributed by atoms with Crippen molar-refractivity contribution in [1.82, 2.24) is 15.3 Å². The third kappa shape index (κ3) is 1.32. The fourth-order valence-corrected chi connectivity index (χ4v) is 2.73. The summed E-state index contributed by atoms with van der Waals surface area (Å²) in [5.41, 5.74) is 2.63. The van der Waals surface area contributed by atoms with E-state index in [2.05, 4.69) is 15.3 Å². The summed E-state index contributed by atoms with van der Waals surface area (Å²) in [6, 6.07) is 0.683. The summed E-state index contributed by atoms with van der Waals surface area (Å²) < 4.78 is 0. The van der Waals surface area contributed by atoms with Gasteiger partial charge in [-0.15, -0.1) is 0 Å². The smallest absolute Gasteiger partial charge is 0.115 e. The van der Waals surface area contributed by atoms with Crippen molar-refractivity contribution < 1.29 is 0 Å². The first-order valence-electron chi connectivity index (χ1n) is 5.44. The van der Waals surface area contributed by atoms with Gasteiger partial charge >= 0.3 is 0 Å². The van der Waals surface area contributed by atoms with Gasteiger partial charge in [-0.25, -0.2) is 9.97 Å². The SMILES string of the molecule is c1ncc2c(n1)C[C@H]1CCCN[C@@H]1C2. The van der Waals surface area contributed by atoms with Gasteiger partial charge in [0, 0.05) is 17.9 Å². The van der Waals surface area contributed by atoms with Gasteiger partial charge in [-0.1, -0.05) is 0 Å². The second kappa shape index (κ2) is 3.31. The maximum absolute atomic E-state index is 4.37. The molecule has 2 aliphatic rings. The standard InChI is InChI=1S/C11H15N3/c1-2-8-4-11-9(6-12-7-14-11)5-10(8)13-3-1/h6-8,10,13H,1-5H2/t8-,10-/m1/s1. The molecule has 2 heterocycles. The summed E-state index contributed by atoms with van der Waals surface area (Å²) in [6.45, 7) is 1.18. The van der Waals surface area contributed by atoms with Crippen LogP contribution in [0.5, 0.6) is 0 Å². The van der Waals surface area contributed by atoms with Crippen LogP contribution in [0.2, 0.25) is 0 Å². The molecule has 0 saturated carbocycles. The third-order valence-corrected chi connectivity index (χ3v) is 3.50. The zero-order valence-electron chi connectivity index (χ0n) is 8.24. The summed E-state index contributed by atoms with van der Waals surface area (Å²) in [7, 11) is 0. The first-order valence-corrected chi connectivity index (χ1v) is 5.44. The highest BCUT2D eigenvalue weighted by atomic mass is 14.9. The number of fused-ring (bicyclic) bond motifs is 2. The number of hydrogen-bond donors (Lipinski definition) is 1. The molecule has 1 aliphatic heterocycles. The molecule has 0 radical (unpaired) electrons. The summed E-state index contributed by atoms with van der Waals surface area (Å²) in [5, 5.41) is 3.61. The van der Waals surface area contributed by atoms with Crippen molar-refractivity contribution in [1.29, 1.82) is 0 Å². The minimum atomic E-state index is 0.683. The lowest BCUT2D eigenvalue weighted by atomic mass is 9.78. The number of aromatic nitrogens is 2. The Morgan fingerprint density at radius 1 is 1.36 bits per heavy atom. The Hall–Kier alpha value is -0.960. The Bertz CT molecular complexity index is 304. The molecular formula is C11H15N3. The van der Waals surface area contributed by atoms with Gasteiger partial charge in [0.2, 0.25) is 0 Å². The quantitative estimate of drug-likeness (QED) is 0.660. The molecule has 1 fully saturated rings. The highest BCUT2D eigenvalue weighted by molar-refractivity contribution is 5.22. The lowest BCUT2D eigenvalue weighted by Crippen LogP contribution is -2.46. The Kier molecular flexibility index (Phi) is 1.98. The van der Waals surface area contributed by atoms with E-state index in [1.54, 1.807) is 6.33 Å². The van der Waals surface area contributed by atoms with E-state index in [0.29, 0.717) is 6.04 Å². The van der Waals surface area contributed by atoms with Crippen LogP contribution in [-0.2, 0) is 12.8 Å². The minimum Gasteiger partial charge on any atom is -0.313 e. The summed E-state index contributed by atoms with van der Waals surface area (Å²) in [5.74, 6) is 0.811. The van der Waals surface area contributed by atoms with Gasteiger partial charge in [-0.2, -0.15) is 0 Å². The number of nitrogens with zero attached hydrogens (tertiary/aromatic N) is 2. The van der Waals surface area contributed by atoms with E-state index in [4.69, 9.17) is 0 Å². The molecule has 3 rings (SSSR count). The average Bonchev–Trinajstić information content (AvgIpc) is 2.26.